The van der Waals surface area contributed by atoms with Crippen molar-refractivity contribution in [2.75, 3.05) is 0 Å². The van der Waals surface area contributed by atoms with Crippen LogP contribution in [0.4, 0.5) is 0 Å². The number of rotatable bonds is 12. The van der Waals surface area contributed by atoms with Crippen LogP contribution in [-0.2, 0) is 16.5 Å². The van der Waals surface area contributed by atoms with Crippen molar-refractivity contribution in [3.05, 3.63) is 48.0 Å². The Balaban J connectivity index is 0.00000420. The molecule has 0 saturated heterocycles. The van der Waals surface area contributed by atoms with Gasteiger partial charge in [-0.15, -0.1) is 0 Å². The molecule has 0 fully saturated rings. The molecule has 154 valence electrons. The van der Waals surface area contributed by atoms with Gasteiger partial charge in [-0.25, -0.2) is 0 Å². The summed E-state index contributed by atoms with van der Waals surface area (Å²) in [6.07, 6.45) is 10.7. The van der Waals surface area contributed by atoms with Crippen LogP contribution in [0.1, 0.15) is 63.9 Å². The molecule has 0 amide bonds. The predicted octanol–water partition coefficient (Wildman–Crippen LogP) is 2.49. The van der Waals surface area contributed by atoms with E-state index < -0.39 is 20.8 Å². The summed E-state index contributed by atoms with van der Waals surface area (Å²) in [6.45, 7) is 2.22. The van der Waals surface area contributed by atoms with Crippen LogP contribution in [-0.4, -0.2) is 13.0 Å². The van der Waals surface area contributed by atoms with Gasteiger partial charge in [-0.2, -0.15) is 8.42 Å². The first-order valence-corrected chi connectivity index (χ1v) is 11.4. The zero-order valence-corrected chi connectivity index (χ0v) is 21.3. The van der Waals surface area contributed by atoms with Crippen molar-refractivity contribution < 1.29 is 74.2 Å². The Labute approximate surface area is 217 Å². The molecule has 2 aromatic carbocycles. The number of ether oxygens (including phenoxy) is 1. The summed E-state index contributed by atoms with van der Waals surface area (Å²) in [5.41, 5.74) is 0.977. The van der Waals surface area contributed by atoms with Crippen molar-refractivity contribution in [2.24, 2.45) is 0 Å². The third-order valence-electron chi connectivity index (χ3n) is 4.71. The van der Waals surface area contributed by atoms with Crippen LogP contribution >= 0.6 is 0 Å². The molecule has 0 bridgehead atoms. The monoisotopic (exact) mass is 444 g/mol. The number of benzene rings is 2. The van der Waals surface area contributed by atoms with Gasteiger partial charge in [0.05, 0.1) is 4.90 Å². The van der Waals surface area contributed by atoms with E-state index in [1.807, 2.05) is 18.2 Å². The van der Waals surface area contributed by atoms with Crippen molar-refractivity contribution in [1.82, 2.24) is 0 Å². The molecular weight excluding hydrogens is 415 g/mol. The molecule has 0 saturated carbocycles. The SMILES string of the molecule is CCCCCCCCCCc1ccccc1Oc1cccc(S(=O)(=O)O)c1[O-].[K+]. The fourth-order valence-electron chi connectivity index (χ4n) is 3.16. The van der Waals surface area contributed by atoms with Crippen LogP contribution in [0, 0.1) is 0 Å². The fourth-order valence-corrected chi connectivity index (χ4v) is 3.74. The summed E-state index contributed by atoms with van der Waals surface area (Å²) in [5, 5.41) is 12.3. The van der Waals surface area contributed by atoms with E-state index in [9.17, 15) is 13.5 Å². The van der Waals surface area contributed by atoms with Crippen LogP contribution in [0.5, 0.6) is 17.2 Å². The Kier molecular flexibility index (Phi) is 12.7. The summed E-state index contributed by atoms with van der Waals surface area (Å²) < 4.78 is 37.5. The minimum absolute atomic E-state index is 0. The number of hydrogen-bond donors (Lipinski definition) is 1. The maximum absolute atomic E-state index is 12.3. The molecule has 29 heavy (non-hydrogen) atoms. The quantitative estimate of drug-likeness (QED) is 0.309. The summed E-state index contributed by atoms with van der Waals surface area (Å²) in [4.78, 5) is -0.675. The number of para-hydroxylation sites is 2. The Morgan fingerprint density at radius 1 is 0.862 bits per heavy atom. The molecule has 2 rings (SSSR count). The molecule has 7 heteroatoms. The van der Waals surface area contributed by atoms with Crippen molar-refractivity contribution >= 4 is 10.1 Å². The standard InChI is InChI=1S/C22H30O5S.K/c1-2-3-4-5-6-7-8-9-13-18-14-10-11-15-19(18)27-20-16-12-17-21(22(20)23)28(24,25)26;/h10-12,14-17,23H,2-9,13H2,1H3,(H,24,25,26);/q;+1/p-1. The van der Waals surface area contributed by atoms with Crippen molar-refractivity contribution in [2.45, 2.75) is 69.6 Å². The smallest absolute Gasteiger partial charge is 0.869 e. The summed E-state index contributed by atoms with van der Waals surface area (Å²) in [6, 6.07) is 11.3. The molecule has 0 atom stereocenters. The third-order valence-corrected chi connectivity index (χ3v) is 5.59. The van der Waals surface area contributed by atoms with Gasteiger partial charge >= 0.3 is 51.4 Å². The van der Waals surface area contributed by atoms with E-state index in [1.165, 1.54) is 50.7 Å². The van der Waals surface area contributed by atoms with E-state index in [2.05, 4.69) is 6.92 Å². The summed E-state index contributed by atoms with van der Waals surface area (Å²) >= 11 is 0. The van der Waals surface area contributed by atoms with E-state index >= 15 is 0 Å². The first-order valence-electron chi connectivity index (χ1n) is 9.96. The van der Waals surface area contributed by atoms with Crippen molar-refractivity contribution in [3.63, 3.8) is 0 Å². The number of aryl methyl sites for hydroxylation is 1. The maximum Gasteiger partial charge on any atom is 1.00 e. The molecule has 0 heterocycles. The molecule has 1 N–H and O–H groups in total. The van der Waals surface area contributed by atoms with Crippen molar-refractivity contribution in [1.29, 1.82) is 0 Å². The Hall–Kier alpha value is -0.414. The average Bonchev–Trinajstić information content (AvgIpc) is 2.66. The van der Waals surface area contributed by atoms with E-state index in [4.69, 9.17) is 9.29 Å². The molecule has 0 spiro atoms. The predicted molar refractivity (Wildman–Crippen MR) is 109 cm³/mol. The second-order valence-electron chi connectivity index (χ2n) is 6.99. The molecule has 0 unspecified atom stereocenters. The van der Waals surface area contributed by atoms with Crippen LogP contribution < -0.4 is 61.2 Å². The topological polar surface area (TPSA) is 86.7 Å². The molecule has 0 aliphatic rings. The number of unbranched alkanes of at least 4 members (excludes halogenated alkanes) is 7. The van der Waals surface area contributed by atoms with Gasteiger partial charge in [0.1, 0.15) is 11.5 Å². The van der Waals surface area contributed by atoms with E-state index in [0.29, 0.717) is 5.75 Å². The first-order chi connectivity index (χ1) is 13.4. The number of hydrogen-bond acceptors (Lipinski definition) is 4. The second-order valence-corrected chi connectivity index (χ2v) is 8.38. The molecule has 0 aliphatic carbocycles. The van der Waals surface area contributed by atoms with Gasteiger partial charge in [0.2, 0.25) is 0 Å². The van der Waals surface area contributed by atoms with Crippen LogP contribution in [0.15, 0.2) is 47.4 Å². The minimum Gasteiger partial charge on any atom is -0.869 e. The Morgan fingerprint density at radius 3 is 2.10 bits per heavy atom. The molecule has 0 radical (unpaired) electrons. The molecule has 5 nitrogen and oxygen atoms in total. The minimum atomic E-state index is -4.58. The van der Waals surface area contributed by atoms with Gasteiger partial charge in [0.15, 0.2) is 0 Å². The summed E-state index contributed by atoms with van der Waals surface area (Å²) in [7, 11) is -4.58. The first kappa shape index (κ1) is 26.6. The van der Waals surface area contributed by atoms with Gasteiger partial charge in [0, 0.05) is 0 Å². The second kappa shape index (κ2) is 13.8. The fraction of sp³-hybridized carbons (Fsp3) is 0.455. The van der Waals surface area contributed by atoms with Gasteiger partial charge in [0.25, 0.3) is 10.1 Å². The molecule has 0 aliphatic heterocycles. The Bertz CT molecular complexity index is 852. The summed E-state index contributed by atoms with van der Waals surface area (Å²) in [5.74, 6) is -0.416. The van der Waals surface area contributed by atoms with E-state index in [0.717, 1.165) is 30.9 Å². The largest absolute Gasteiger partial charge is 1.00 e. The van der Waals surface area contributed by atoms with Gasteiger partial charge < -0.3 is 9.84 Å². The zero-order valence-electron chi connectivity index (χ0n) is 17.4. The van der Waals surface area contributed by atoms with Crippen molar-refractivity contribution in [3.8, 4) is 17.2 Å². The van der Waals surface area contributed by atoms with E-state index in [-0.39, 0.29) is 57.1 Å². The molecule has 2 aromatic rings. The van der Waals surface area contributed by atoms with Gasteiger partial charge in [-0.3, -0.25) is 4.55 Å². The average molecular weight is 445 g/mol. The maximum atomic E-state index is 12.3. The van der Waals surface area contributed by atoms with Crippen LogP contribution in [0.2, 0.25) is 0 Å². The van der Waals surface area contributed by atoms with Crippen LogP contribution in [0.25, 0.3) is 0 Å². The van der Waals surface area contributed by atoms with Gasteiger partial charge in [-0.1, -0.05) is 76.1 Å². The van der Waals surface area contributed by atoms with Gasteiger partial charge in [-0.05, 0) is 42.4 Å². The molecular formula is C22H29KO5S. The van der Waals surface area contributed by atoms with Crippen LogP contribution in [0.3, 0.4) is 0 Å². The Morgan fingerprint density at radius 2 is 1.45 bits per heavy atom. The zero-order chi connectivity index (χ0) is 20.4. The molecule has 0 aromatic heterocycles. The van der Waals surface area contributed by atoms with E-state index in [1.54, 1.807) is 6.07 Å². The third kappa shape index (κ3) is 9.08. The normalized spacial score (nSPS) is 11.1.